The topological polar surface area (TPSA) is 27.7 Å². The summed E-state index contributed by atoms with van der Waals surface area (Å²) in [4.78, 5) is 0. The molecule has 0 saturated heterocycles. The molecule has 41 heavy (non-hydrogen) atoms. The molecular formula is C38H70O3. The first kappa shape index (κ1) is 36.6. The predicted octanol–water partition coefficient (Wildman–Crippen LogP) is 11.0. The van der Waals surface area contributed by atoms with Crippen LogP contribution in [0.3, 0.4) is 0 Å². The van der Waals surface area contributed by atoms with Crippen LogP contribution in [0.15, 0.2) is 24.3 Å². The molecule has 0 bridgehead atoms. The van der Waals surface area contributed by atoms with Crippen molar-refractivity contribution in [3.63, 3.8) is 0 Å². The molecule has 240 valence electrons. The van der Waals surface area contributed by atoms with E-state index >= 15 is 0 Å². The number of ether oxygens (including phenoxy) is 3. The summed E-state index contributed by atoms with van der Waals surface area (Å²) in [7, 11) is 3.82. The Labute approximate surface area is 256 Å². The van der Waals surface area contributed by atoms with Crippen LogP contribution >= 0.6 is 0 Å². The van der Waals surface area contributed by atoms with Crippen molar-refractivity contribution in [1.29, 1.82) is 0 Å². The number of unbranched alkanes of at least 4 members (excludes halogenated alkanes) is 10. The Morgan fingerprint density at radius 2 is 0.976 bits per heavy atom. The van der Waals surface area contributed by atoms with E-state index in [1.807, 2.05) is 14.2 Å². The van der Waals surface area contributed by atoms with Gasteiger partial charge in [-0.25, -0.2) is 0 Å². The average molecular weight is 575 g/mol. The van der Waals surface area contributed by atoms with E-state index in [-0.39, 0.29) is 23.0 Å². The van der Waals surface area contributed by atoms with Crippen molar-refractivity contribution < 1.29 is 14.2 Å². The fourth-order valence-corrected chi connectivity index (χ4v) is 7.90. The van der Waals surface area contributed by atoms with Crippen LogP contribution in [-0.2, 0) is 14.2 Å². The number of rotatable bonds is 20. The van der Waals surface area contributed by atoms with Gasteiger partial charge in [0.2, 0.25) is 0 Å². The second-order valence-corrected chi connectivity index (χ2v) is 14.8. The molecule has 0 radical (unpaired) electrons. The highest BCUT2D eigenvalue weighted by atomic mass is 16.5. The van der Waals surface area contributed by atoms with Gasteiger partial charge in [0.15, 0.2) is 0 Å². The quantitative estimate of drug-likeness (QED) is 0.107. The molecular weight excluding hydrogens is 504 g/mol. The third kappa shape index (κ3) is 12.1. The molecule has 0 aromatic heterocycles. The SMILES string of the molecule is CCCCCCCC=C[C@@H]1CCC(C)(C)[C@H](OC)[C@H]1COC[C@H]1[C@H](C=CCCCCCCC)CCC(C)(C)[C@@H]1OC. The first-order valence-corrected chi connectivity index (χ1v) is 17.7. The van der Waals surface area contributed by atoms with Gasteiger partial charge in [0.05, 0.1) is 25.4 Å². The highest BCUT2D eigenvalue weighted by molar-refractivity contribution is 5.03. The smallest absolute Gasteiger partial charge is 0.0677 e. The summed E-state index contributed by atoms with van der Waals surface area (Å²) in [5.74, 6) is 1.87. The van der Waals surface area contributed by atoms with Crippen molar-refractivity contribution in [2.75, 3.05) is 27.4 Å². The van der Waals surface area contributed by atoms with Crippen LogP contribution in [0, 0.1) is 34.5 Å². The lowest BCUT2D eigenvalue weighted by atomic mass is 9.64. The molecule has 2 fully saturated rings. The van der Waals surface area contributed by atoms with Crippen LogP contribution in [0.4, 0.5) is 0 Å². The highest BCUT2D eigenvalue weighted by Crippen LogP contribution is 2.46. The number of methoxy groups -OCH3 is 2. The summed E-state index contributed by atoms with van der Waals surface area (Å²) in [5.41, 5.74) is 0.356. The zero-order chi connectivity index (χ0) is 30.1. The average Bonchev–Trinajstić information content (AvgIpc) is 2.93. The summed E-state index contributed by atoms with van der Waals surface area (Å²) in [6.45, 7) is 15.7. The standard InChI is InChI=1S/C38H70O3/c1-9-11-13-15-17-19-21-23-31-25-27-37(3,4)35(39-7)33(31)29-41-30-34-32(24-22-20-18-16-14-12-10-2)26-28-38(5,6)36(34)40-8/h21-24,31-36H,9-20,25-30H2,1-8H3/t31-,32-,33+,34+,35-,36-/m1/s1. The van der Waals surface area contributed by atoms with E-state index in [1.54, 1.807) is 0 Å². The van der Waals surface area contributed by atoms with E-state index in [0.29, 0.717) is 23.7 Å². The van der Waals surface area contributed by atoms with Crippen LogP contribution in [-0.4, -0.2) is 39.6 Å². The maximum Gasteiger partial charge on any atom is 0.0677 e. The Morgan fingerprint density at radius 1 is 0.585 bits per heavy atom. The Bertz CT molecular complexity index is 663. The van der Waals surface area contributed by atoms with Crippen LogP contribution in [0.5, 0.6) is 0 Å². The van der Waals surface area contributed by atoms with Crippen molar-refractivity contribution in [1.82, 2.24) is 0 Å². The molecule has 0 unspecified atom stereocenters. The van der Waals surface area contributed by atoms with Crippen LogP contribution in [0.25, 0.3) is 0 Å². The first-order valence-electron chi connectivity index (χ1n) is 17.7. The number of hydrogen-bond donors (Lipinski definition) is 0. The molecule has 2 rings (SSSR count). The van der Waals surface area contributed by atoms with Gasteiger partial charge in [-0.3, -0.25) is 0 Å². The minimum absolute atomic E-state index is 0.178. The maximum absolute atomic E-state index is 6.74. The summed E-state index contributed by atoms with van der Waals surface area (Å²) >= 11 is 0. The molecule has 0 aromatic rings. The molecule has 0 spiro atoms. The summed E-state index contributed by atoms with van der Waals surface area (Å²) in [6.07, 6.45) is 31.1. The molecule has 0 N–H and O–H groups in total. The summed E-state index contributed by atoms with van der Waals surface area (Å²) < 4.78 is 19.2. The van der Waals surface area contributed by atoms with E-state index < -0.39 is 0 Å². The number of allylic oxidation sites excluding steroid dienone is 4. The monoisotopic (exact) mass is 575 g/mol. The molecule has 0 amide bonds. The molecule has 0 aliphatic heterocycles. The van der Waals surface area contributed by atoms with Crippen molar-refractivity contribution in [2.45, 2.75) is 156 Å². The molecule has 0 heterocycles. The lowest BCUT2D eigenvalue weighted by Gasteiger charge is -2.48. The van der Waals surface area contributed by atoms with Crippen molar-refractivity contribution in [2.24, 2.45) is 34.5 Å². The lowest BCUT2D eigenvalue weighted by molar-refractivity contribution is -0.126. The molecule has 2 aliphatic carbocycles. The van der Waals surface area contributed by atoms with Crippen molar-refractivity contribution in [3.8, 4) is 0 Å². The normalized spacial score (nSPS) is 30.0. The third-order valence-corrected chi connectivity index (χ3v) is 10.5. The van der Waals surface area contributed by atoms with Crippen molar-refractivity contribution >= 4 is 0 Å². The predicted molar refractivity (Wildman–Crippen MR) is 177 cm³/mol. The van der Waals surface area contributed by atoms with E-state index in [4.69, 9.17) is 14.2 Å². The van der Waals surface area contributed by atoms with Crippen LogP contribution in [0.2, 0.25) is 0 Å². The molecule has 6 atom stereocenters. The van der Waals surface area contributed by atoms with Gasteiger partial charge in [0.25, 0.3) is 0 Å². The molecule has 2 saturated carbocycles. The van der Waals surface area contributed by atoms with Crippen LogP contribution in [0.1, 0.15) is 144 Å². The lowest BCUT2D eigenvalue weighted by Crippen LogP contribution is -2.49. The fourth-order valence-electron chi connectivity index (χ4n) is 7.90. The highest BCUT2D eigenvalue weighted by Gasteiger charge is 2.45. The molecule has 0 aromatic carbocycles. The second-order valence-electron chi connectivity index (χ2n) is 14.8. The van der Waals surface area contributed by atoms with E-state index in [0.717, 1.165) is 13.2 Å². The Morgan fingerprint density at radius 3 is 1.34 bits per heavy atom. The summed E-state index contributed by atoms with van der Waals surface area (Å²) in [6, 6.07) is 0. The molecule has 3 heteroatoms. The second kappa shape index (κ2) is 19.6. The van der Waals surface area contributed by atoms with Crippen molar-refractivity contribution in [3.05, 3.63) is 24.3 Å². The zero-order valence-corrected chi connectivity index (χ0v) is 28.7. The maximum atomic E-state index is 6.74. The van der Waals surface area contributed by atoms with Gasteiger partial charge in [0, 0.05) is 26.1 Å². The Balaban J connectivity index is 2.04. The third-order valence-electron chi connectivity index (χ3n) is 10.5. The van der Waals surface area contributed by atoms with Gasteiger partial charge in [-0.05, 0) is 74.0 Å². The van der Waals surface area contributed by atoms with Gasteiger partial charge in [0.1, 0.15) is 0 Å². The van der Waals surface area contributed by atoms with Gasteiger partial charge >= 0.3 is 0 Å². The first-order chi connectivity index (χ1) is 19.7. The minimum Gasteiger partial charge on any atom is -0.381 e. The minimum atomic E-state index is 0.178. The Hall–Kier alpha value is -0.640. The van der Waals surface area contributed by atoms with Gasteiger partial charge < -0.3 is 14.2 Å². The largest absolute Gasteiger partial charge is 0.381 e. The van der Waals surface area contributed by atoms with E-state index in [9.17, 15) is 0 Å². The molecule has 2 aliphatic rings. The zero-order valence-electron chi connectivity index (χ0n) is 28.7. The Kier molecular flexibility index (Phi) is 17.5. The molecule has 3 nitrogen and oxygen atoms in total. The fraction of sp³-hybridized carbons (Fsp3) is 0.895. The summed E-state index contributed by atoms with van der Waals surface area (Å²) in [5, 5.41) is 0. The van der Waals surface area contributed by atoms with Gasteiger partial charge in [-0.2, -0.15) is 0 Å². The number of hydrogen-bond acceptors (Lipinski definition) is 3. The van der Waals surface area contributed by atoms with E-state index in [2.05, 4.69) is 65.8 Å². The van der Waals surface area contributed by atoms with Gasteiger partial charge in [-0.15, -0.1) is 0 Å². The van der Waals surface area contributed by atoms with E-state index in [1.165, 1.54) is 103 Å². The van der Waals surface area contributed by atoms with Gasteiger partial charge in [-0.1, -0.05) is 117 Å². The van der Waals surface area contributed by atoms with Crippen LogP contribution < -0.4 is 0 Å².